The summed E-state index contributed by atoms with van der Waals surface area (Å²) in [5.74, 6) is 0.772. The van der Waals surface area contributed by atoms with Crippen molar-refractivity contribution in [1.82, 2.24) is 10.2 Å². The molecule has 1 N–H and O–H groups in total. The average molecular weight is 252 g/mol. The summed E-state index contributed by atoms with van der Waals surface area (Å²) in [4.78, 5) is 14.2. The molecule has 0 aromatic rings. The first kappa shape index (κ1) is 13.7. The molecule has 2 atom stereocenters. The minimum absolute atomic E-state index is 0.154. The summed E-state index contributed by atoms with van der Waals surface area (Å²) >= 11 is 0. The molecule has 2 aliphatic rings. The first-order valence-corrected chi connectivity index (χ1v) is 7.70. The topological polar surface area (TPSA) is 32.3 Å². The lowest BCUT2D eigenvalue weighted by atomic mass is 9.86. The molecule has 2 aliphatic carbocycles. The Kier molecular flexibility index (Phi) is 4.90. The molecule has 0 aromatic heterocycles. The van der Waals surface area contributed by atoms with Crippen molar-refractivity contribution in [3.8, 4) is 0 Å². The molecular weight excluding hydrogens is 224 g/mol. The molecule has 0 heterocycles. The molecule has 2 amide bonds. The Bertz CT molecular complexity index is 274. The third-order valence-corrected chi connectivity index (χ3v) is 4.71. The smallest absolute Gasteiger partial charge is 0.317 e. The summed E-state index contributed by atoms with van der Waals surface area (Å²) in [5, 5.41) is 3.22. The van der Waals surface area contributed by atoms with Gasteiger partial charge < -0.3 is 10.2 Å². The molecule has 2 fully saturated rings. The van der Waals surface area contributed by atoms with Crippen LogP contribution in [0.1, 0.15) is 64.7 Å². The summed E-state index contributed by atoms with van der Waals surface area (Å²) in [6, 6.07) is 1.04. The van der Waals surface area contributed by atoms with Gasteiger partial charge in [-0.3, -0.25) is 0 Å². The monoisotopic (exact) mass is 252 g/mol. The van der Waals surface area contributed by atoms with E-state index in [9.17, 15) is 4.79 Å². The molecule has 0 spiro atoms. The molecule has 0 saturated heterocycles. The lowest BCUT2D eigenvalue weighted by Gasteiger charge is -2.35. The number of nitrogens with zero attached hydrogens (tertiary/aromatic N) is 1. The van der Waals surface area contributed by atoms with Crippen molar-refractivity contribution in [2.45, 2.75) is 76.8 Å². The van der Waals surface area contributed by atoms with Gasteiger partial charge in [0.15, 0.2) is 0 Å². The average Bonchev–Trinajstić information content (AvgIpc) is 2.39. The van der Waals surface area contributed by atoms with Gasteiger partial charge in [-0.1, -0.05) is 39.0 Å². The Morgan fingerprint density at radius 1 is 1.06 bits per heavy atom. The van der Waals surface area contributed by atoms with Gasteiger partial charge >= 0.3 is 6.03 Å². The van der Waals surface area contributed by atoms with Crippen molar-refractivity contribution < 1.29 is 4.79 Å². The van der Waals surface area contributed by atoms with E-state index >= 15 is 0 Å². The van der Waals surface area contributed by atoms with E-state index in [2.05, 4.69) is 12.2 Å². The highest BCUT2D eigenvalue weighted by Crippen LogP contribution is 2.27. The number of hydrogen-bond acceptors (Lipinski definition) is 1. The molecule has 3 nitrogen and oxygen atoms in total. The van der Waals surface area contributed by atoms with Gasteiger partial charge in [0.25, 0.3) is 0 Å². The van der Waals surface area contributed by atoms with Gasteiger partial charge in [0.05, 0.1) is 0 Å². The van der Waals surface area contributed by atoms with E-state index in [-0.39, 0.29) is 6.03 Å². The lowest BCUT2D eigenvalue weighted by Crippen LogP contribution is -2.48. The molecular formula is C15H28N2O. The van der Waals surface area contributed by atoms with Crippen LogP contribution in [0.3, 0.4) is 0 Å². The van der Waals surface area contributed by atoms with Crippen molar-refractivity contribution in [3.05, 3.63) is 0 Å². The van der Waals surface area contributed by atoms with E-state index < -0.39 is 0 Å². The fourth-order valence-electron chi connectivity index (χ4n) is 3.44. The van der Waals surface area contributed by atoms with Gasteiger partial charge in [-0.05, 0) is 31.6 Å². The Balaban J connectivity index is 1.79. The largest absolute Gasteiger partial charge is 0.335 e. The second kappa shape index (κ2) is 6.44. The highest BCUT2D eigenvalue weighted by Gasteiger charge is 2.26. The van der Waals surface area contributed by atoms with Crippen molar-refractivity contribution in [2.75, 3.05) is 7.05 Å². The van der Waals surface area contributed by atoms with Gasteiger partial charge in [-0.2, -0.15) is 0 Å². The van der Waals surface area contributed by atoms with Crippen LogP contribution in [0.5, 0.6) is 0 Å². The zero-order valence-electron chi connectivity index (χ0n) is 12.0. The van der Waals surface area contributed by atoms with Gasteiger partial charge in [0.1, 0.15) is 0 Å². The van der Waals surface area contributed by atoms with Crippen LogP contribution in [0.4, 0.5) is 4.79 Å². The Labute approximate surface area is 111 Å². The SMILES string of the molecule is CC1CCCC(N(C)C(=O)NC2CCCCC2)C1. The number of amides is 2. The minimum Gasteiger partial charge on any atom is -0.335 e. The fourth-order valence-corrected chi connectivity index (χ4v) is 3.44. The maximum Gasteiger partial charge on any atom is 0.317 e. The molecule has 0 aliphatic heterocycles. The van der Waals surface area contributed by atoms with Crippen molar-refractivity contribution >= 4 is 6.03 Å². The van der Waals surface area contributed by atoms with Crippen LogP contribution in [0, 0.1) is 5.92 Å². The predicted octanol–water partition coefficient (Wildman–Crippen LogP) is 3.54. The third-order valence-electron chi connectivity index (χ3n) is 4.71. The lowest BCUT2D eigenvalue weighted by molar-refractivity contribution is 0.155. The van der Waals surface area contributed by atoms with Crippen LogP contribution in [-0.4, -0.2) is 30.1 Å². The van der Waals surface area contributed by atoms with E-state index in [0.29, 0.717) is 12.1 Å². The van der Waals surface area contributed by atoms with Gasteiger partial charge in [0, 0.05) is 19.1 Å². The van der Waals surface area contributed by atoms with Crippen LogP contribution < -0.4 is 5.32 Å². The number of rotatable bonds is 2. The van der Waals surface area contributed by atoms with E-state index in [0.717, 1.165) is 5.92 Å². The van der Waals surface area contributed by atoms with E-state index in [1.807, 2.05) is 11.9 Å². The van der Waals surface area contributed by atoms with Crippen LogP contribution in [-0.2, 0) is 0 Å². The standard InChI is InChI=1S/C15H28N2O/c1-12-7-6-10-14(11-12)17(2)15(18)16-13-8-4-3-5-9-13/h12-14H,3-11H2,1-2H3,(H,16,18). The zero-order chi connectivity index (χ0) is 13.0. The van der Waals surface area contributed by atoms with Crippen molar-refractivity contribution in [1.29, 1.82) is 0 Å². The molecule has 3 heteroatoms. The molecule has 2 rings (SSSR count). The predicted molar refractivity (Wildman–Crippen MR) is 74.6 cm³/mol. The third kappa shape index (κ3) is 3.63. The summed E-state index contributed by atoms with van der Waals surface area (Å²) in [5.41, 5.74) is 0. The van der Waals surface area contributed by atoms with Crippen molar-refractivity contribution in [2.24, 2.45) is 5.92 Å². The summed E-state index contributed by atoms with van der Waals surface area (Å²) in [7, 11) is 1.97. The number of hydrogen-bond donors (Lipinski definition) is 1. The second-order valence-corrected chi connectivity index (χ2v) is 6.32. The number of carbonyl (C=O) groups excluding carboxylic acids is 1. The Morgan fingerprint density at radius 2 is 1.78 bits per heavy atom. The Hall–Kier alpha value is -0.730. The zero-order valence-corrected chi connectivity index (χ0v) is 12.0. The van der Waals surface area contributed by atoms with Gasteiger partial charge in [-0.15, -0.1) is 0 Å². The molecule has 18 heavy (non-hydrogen) atoms. The first-order chi connectivity index (χ1) is 8.66. The molecule has 2 unspecified atom stereocenters. The highest BCUT2D eigenvalue weighted by molar-refractivity contribution is 5.74. The van der Waals surface area contributed by atoms with Gasteiger partial charge in [-0.25, -0.2) is 4.79 Å². The quantitative estimate of drug-likeness (QED) is 0.801. The van der Waals surface area contributed by atoms with E-state index in [4.69, 9.17) is 0 Å². The minimum atomic E-state index is 0.154. The van der Waals surface area contributed by atoms with Crippen molar-refractivity contribution in [3.63, 3.8) is 0 Å². The molecule has 0 bridgehead atoms. The maximum atomic E-state index is 12.2. The van der Waals surface area contributed by atoms with Crippen LogP contribution in [0.2, 0.25) is 0 Å². The normalized spacial score (nSPS) is 29.9. The van der Waals surface area contributed by atoms with E-state index in [1.54, 1.807) is 0 Å². The second-order valence-electron chi connectivity index (χ2n) is 6.32. The summed E-state index contributed by atoms with van der Waals surface area (Å²) < 4.78 is 0. The van der Waals surface area contributed by atoms with Gasteiger partial charge in [0.2, 0.25) is 0 Å². The van der Waals surface area contributed by atoms with Crippen LogP contribution in [0.15, 0.2) is 0 Å². The van der Waals surface area contributed by atoms with Crippen LogP contribution >= 0.6 is 0 Å². The molecule has 0 radical (unpaired) electrons. The van der Waals surface area contributed by atoms with Crippen LogP contribution in [0.25, 0.3) is 0 Å². The summed E-state index contributed by atoms with van der Waals surface area (Å²) in [6.07, 6.45) is 11.2. The number of carbonyl (C=O) groups is 1. The molecule has 104 valence electrons. The highest BCUT2D eigenvalue weighted by atomic mass is 16.2. The number of nitrogens with one attached hydrogen (secondary N) is 1. The fraction of sp³-hybridized carbons (Fsp3) is 0.933. The molecule has 2 saturated carbocycles. The Morgan fingerprint density at radius 3 is 2.44 bits per heavy atom. The summed E-state index contributed by atoms with van der Waals surface area (Å²) in [6.45, 7) is 2.30. The molecule has 0 aromatic carbocycles. The maximum absolute atomic E-state index is 12.2. The first-order valence-electron chi connectivity index (χ1n) is 7.70. The van der Waals surface area contributed by atoms with E-state index in [1.165, 1.54) is 57.8 Å². The number of urea groups is 1.